The van der Waals surface area contributed by atoms with Crippen LogP contribution in [0.5, 0.6) is 5.75 Å². The van der Waals surface area contributed by atoms with Crippen molar-refractivity contribution in [3.63, 3.8) is 0 Å². The maximum absolute atomic E-state index is 10.5. The molecule has 2 aromatic carbocycles. The number of carbonyl (C=O) groups is 1. The Bertz CT molecular complexity index is 768. The zero-order valence-electron chi connectivity index (χ0n) is 25.3. The minimum Gasteiger partial charge on any atom is -0.497 e. The van der Waals surface area contributed by atoms with Gasteiger partial charge in [-0.1, -0.05) is 132 Å². The molecule has 0 aromatic heterocycles. The first kappa shape index (κ1) is 35.1. The number of unbranched alkanes of at least 4 members (excludes halogenated alkanes) is 1. The molecule has 0 saturated heterocycles. The lowest BCUT2D eigenvalue weighted by Gasteiger charge is -2.19. The summed E-state index contributed by atoms with van der Waals surface area (Å²) in [6, 6.07) is 17.2. The Morgan fingerprint density at radius 2 is 1.20 bits per heavy atom. The van der Waals surface area contributed by atoms with E-state index in [1.165, 1.54) is 36.0 Å². The standard InChI is InChI=1S/C13H20.C10H14O.C6H12O.C4H10/c1-10(2)11-6-8-12(9-7-11)13(3,4)5;1-3-4-9-5-7-10(11-2)8-6-9;1-5(7)6(2,3)4;1-3-4-2/h6-10H,1-5H3;5-8H,3-4H2,1-2H3;1-4H3;3-4H2,1-2H3. The first-order chi connectivity index (χ1) is 16.1. The first-order valence-corrected chi connectivity index (χ1v) is 13.4. The monoisotopic (exact) mass is 484 g/mol. The molecule has 0 aliphatic rings. The van der Waals surface area contributed by atoms with E-state index in [0.29, 0.717) is 5.92 Å². The van der Waals surface area contributed by atoms with E-state index >= 15 is 0 Å². The summed E-state index contributed by atoms with van der Waals surface area (Å²) in [7, 11) is 1.69. The molecule has 0 N–H and O–H groups in total. The van der Waals surface area contributed by atoms with Gasteiger partial charge >= 0.3 is 0 Å². The summed E-state index contributed by atoms with van der Waals surface area (Å²) in [6.07, 6.45) is 5.00. The van der Waals surface area contributed by atoms with Gasteiger partial charge in [-0.3, -0.25) is 4.79 Å². The molecule has 35 heavy (non-hydrogen) atoms. The van der Waals surface area contributed by atoms with Gasteiger partial charge in [0.15, 0.2) is 0 Å². The van der Waals surface area contributed by atoms with Gasteiger partial charge in [0.25, 0.3) is 0 Å². The van der Waals surface area contributed by atoms with Crippen LogP contribution in [0.3, 0.4) is 0 Å². The Kier molecular flexibility index (Phi) is 18.3. The highest BCUT2D eigenvalue weighted by atomic mass is 16.5. The molecule has 0 bridgehead atoms. The quantitative estimate of drug-likeness (QED) is 0.422. The highest BCUT2D eigenvalue weighted by Gasteiger charge is 2.14. The smallest absolute Gasteiger partial charge is 0.135 e. The molecule has 0 heterocycles. The third-order valence-corrected chi connectivity index (χ3v) is 5.70. The van der Waals surface area contributed by atoms with E-state index in [1.54, 1.807) is 14.0 Å². The zero-order valence-corrected chi connectivity index (χ0v) is 25.3. The summed E-state index contributed by atoms with van der Waals surface area (Å²) in [6.45, 7) is 25.1. The largest absolute Gasteiger partial charge is 0.497 e. The van der Waals surface area contributed by atoms with Crippen LogP contribution in [0.4, 0.5) is 0 Å². The number of hydrogen-bond acceptors (Lipinski definition) is 2. The van der Waals surface area contributed by atoms with Crippen LogP contribution in [0, 0.1) is 5.41 Å². The number of rotatable bonds is 5. The number of benzene rings is 2. The molecule has 200 valence electrons. The van der Waals surface area contributed by atoms with Crippen molar-refractivity contribution in [2.75, 3.05) is 7.11 Å². The third-order valence-electron chi connectivity index (χ3n) is 5.70. The molecule has 0 saturated carbocycles. The topological polar surface area (TPSA) is 26.3 Å². The lowest BCUT2D eigenvalue weighted by Crippen LogP contribution is -2.15. The van der Waals surface area contributed by atoms with Crippen LogP contribution in [0.25, 0.3) is 0 Å². The van der Waals surface area contributed by atoms with Gasteiger partial charge in [-0.15, -0.1) is 0 Å². The van der Waals surface area contributed by atoms with E-state index < -0.39 is 0 Å². The highest BCUT2D eigenvalue weighted by molar-refractivity contribution is 5.80. The Morgan fingerprint density at radius 3 is 1.46 bits per heavy atom. The molecule has 0 aliphatic carbocycles. The average molecular weight is 485 g/mol. The fourth-order valence-corrected chi connectivity index (χ4v) is 2.45. The molecule has 0 unspecified atom stereocenters. The Balaban J connectivity index is 0. The second-order valence-corrected chi connectivity index (χ2v) is 11.4. The van der Waals surface area contributed by atoms with Crippen molar-refractivity contribution >= 4 is 5.78 Å². The summed E-state index contributed by atoms with van der Waals surface area (Å²) in [4.78, 5) is 10.5. The fourth-order valence-electron chi connectivity index (χ4n) is 2.45. The second-order valence-electron chi connectivity index (χ2n) is 11.4. The van der Waals surface area contributed by atoms with E-state index in [1.807, 2.05) is 32.9 Å². The van der Waals surface area contributed by atoms with Crippen molar-refractivity contribution in [3.05, 3.63) is 65.2 Å². The number of aryl methyl sites for hydroxylation is 1. The van der Waals surface area contributed by atoms with E-state index in [2.05, 4.69) is 91.8 Å². The van der Waals surface area contributed by atoms with Crippen LogP contribution in [-0.4, -0.2) is 12.9 Å². The van der Waals surface area contributed by atoms with Gasteiger partial charge in [-0.2, -0.15) is 0 Å². The molecule has 0 aliphatic heterocycles. The predicted octanol–water partition coefficient (Wildman–Crippen LogP) is 10.2. The Hall–Kier alpha value is -2.09. The Morgan fingerprint density at radius 1 is 0.771 bits per heavy atom. The lowest BCUT2D eigenvalue weighted by atomic mass is 9.86. The number of carbonyl (C=O) groups excluding carboxylic acids is 1. The Labute approximate surface area is 218 Å². The van der Waals surface area contributed by atoms with Crippen LogP contribution >= 0.6 is 0 Å². The summed E-state index contributed by atoms with van der Waals surface area (Å²) in [5, 5.41) is 0. The molecule has 0 amide bonds. The van der Waals surface area contributed by atoms with Crippen LogP contribution in [-0.2, 0) is 16.6 Å². The summed E-state index contributed by atoms with van der Waals surface area (Å²) >= 11 is 0. The third kappa shape index (κ3) is 17.9. The normalized spacial score (nSPS) is 10.7. The number of ether oxygens (including phenoxy) is 1. The predicted molar refractivity (Wildman–Crippen MR) is 157 cm³/mol. The number of ketones is 1. The van der Waals surface area contributed by atoms with E-state index in [4.69, 9.17) is 4.74 Å². The van der Waals surface area contributed by atoms with Crippen molar-refractivity contribution in [2.24, 2.45) is 5.41 Å². The van der Waals surface area contributed by atoms with Gasteiger partial charge < -0.3 is 4.74 Å². The SMILES string of the molecule is CC(=O)C(C)(C)C.CC(C)c1ccc(C(C)(C)C)cc1.CCCC.CCCc1ccc(OC)cc1. The van der Waals surface area contributed by atoms with Crippen LogP contribution in [0.2, 0.25) is 0 Å². The molecule has 2 nitrogen and oxygen atoms in total. The van der Waals surface area contributed by atoms with Gasteiger partial charge in [0.05, 0.1) is 7.11 Å². The van der Waals surface area contributed by atoms with E-state index in [-0.39, 0.29) is 16.6 Å². The molecule has 0 spiro atoms. The molecule has 0 atom stereocenters. The van der Waals surface area contributed by atoms with Crippen molar-refractivity contribution in [3.8, 4) is 5.75 Å². The van der Waals surface area contributed by atoms with Gasteiger partial charge in [0.2, 0.25) is 0 Å². The number of hydrogen-bond donors (Lipinski definition) is 0. The highest BCUT2D eigenvalue weighted by Crippen LogP contribution is 2.24. The fraction of sp³-hybridized carbons (Fsp3) is 0.606. The molecule has 0 radical (unpaired) electrons. The average Bonchev–Trinajstić information content (AvgIpc) is 2.79. The van der Waals surface area contributed by atoms with Gasteiger partial charge in [-0.05, 0) is 53.5 Å². The van der Waals surface area contributed by atoms with Crippen molar-refractivity contribution in [1.82, 2.24) is 0 Å². The number of Topliss-reactive ketones (excluding diaryl/α,β-unsaturated/α-hetero) is 1. The molecule has 0 fully saturated rings. The molecule has 2 aromatic rings. The first-order valence-electron chi connectivity index (χ1n) is 13.4. The lowest BCUT2D eigenvalue weighted by molar-refractivity contribution is -0.124. The molecule has 2 rings (SSSR count). The molecular formula is C33H56O2. The van der Waals surface area contributed by atoms with Crippen LogP contribution in [0.1, 0.15) is 125 Å². The van der Waals surface area contributed by atoms with Crippen LogP contribution in [0.15, 0.2) is 48.5 Å². The summed E-state index contributed by atoms with van der Waals surface area (Å²) in [5.41, 5.74) is 4.35. The van der Waals surface area contributed by atoms with Gasteiger partial charge in [0.1, 0.15) is 11.5 Å². The van der Waals surface area contributed by atoms with E-state index in [0.717, 1.165) is 12.2 Å². The number of methoxy groups -OCH3 is 1. The van der Waals surface area contributed by atoms with Gasteiger partial charge in [0, 0.05) is 5.41 Å². The van der Waals surface area contributed by atoms with Crippen molar-refractivity contribution in [1.29, 1.82) is 0 Å². The molecule has 2 heteroatoms. The van der Waals surface area contributed by atoms with Gasteiger partial charge in [-0.25, -0.2) is 0 Å². The summed E-state index contributed by atoms with van der Waals surface area (Å²) in [5.74, 6) is 1.81. The second kappa shape index (κ2) is 18.2. The minimum absolute atomic E-state index is 0.139. The van der Waals surface area contributed by atoms with Crippen molar-refractivity contribution in [2.45, 2.75) is 120 Å². The minimum atomic E-state index is -0.139. The van der Waals surface area contributed by atoms with Crippen molar-refractivity contribution < 1.29 is 9.53 Å². The summed E-state index contributed by atoms with van der Waals surface area (Å²) < 4.78 is 5.05. The van der Waals surface area contributed by atoms with E-state index in [9.17, 15) is 4.79 Å². The maximum Gasteiger partial charge on any atom is 0.135 e. The van der Waals surface area contributed by atoms with Crippen LogP contribution < -0.4 is 4.74 Å². The maximum atomic E-state index is 10.5. The zero-order chi connectivity index (χ0) is 27.7. The molecular weight excluding hydrogens is 428 g/mol.